The van der Waals surface area contributed by atoms with E-state index in [2.05, 4.69) is 27.7 Å². The molecule has 2 heteroatoms. The summed E-state index contributed by atoms with van der Waals surface area (Å²) < 4.78 is 5.71. The summed E-state index contributed by atoms with van der Waals surface area (Å²) in [7, 11) is 0. The van der Waals surface area contributed by atoms with Crippen molar-refractivity contribution in [2.24, 2.45) is 5.41 Å². The van der Waals surface area contributed by atoms with E-state index in [9.17, 15) is 4.79 Å². The summed E-state index contributed by atoms with van der Waals surface area (Å²) in [6.07, 6.45) is 34.0. The minimum absolute atomic E-state index is 0.0740. The van der Waals surface area contributed by atoms with Crippen LogP contribution in [0.1, 0.15) is 195 Å². The first-order valence-electron chi connectivity index (χ1n) is 16.3. The zero-order valence-corrected chi connectivity index (χ0v) is 24.9. The summed E-state index contributed by atoms with van der Waals surface area (Å²) in [6.45, 7) is 9.51. The van der Waals surface area contributed by atoms with Gasteiger partial charge in [0.25, 0.3) is 0 Å². The maximum Gasteiger partial charge on any atom is 0.311 e. The molecule has 0 aliphatic carbocycles. The highest BCUT2D eigenvalue weighted by atomic mass is 16.5. The zero-order chi connectivity index (χ0) is 25.9. The molecule has 0 rings (SSSR count). The van der Waals surface area contributed by atoms with Crippen LogP contribution in [0, 0.1) is 5.41 Å². The van der Waals surface area contributed by atoms with Gasteiger partial charge in [-0.15, -0.1) is 0 Å². The number of carbonyl (C=O) groups excluding carboxylic acids is 1. The summed E-state index contributed by atoms with van der Waals surface area (Å²) in [5.74, 6) is 0.0740. The minimum Gasteiger partial charge on any atom is -0.465 e. The van der Waals surface area contributed by atoms with Gasteiger partial charge in [-0.1, -0.05) is 168 Å². The Hall–Kier alpha value is -0.530. The molecule has 0 aliphatic rings. The van der Waals surface area contributed by atoms with E-state index < -0.39 is 0 Å². The molecule has 0 fully saturated rings. The number of esters is 1. The van der Waals surface area contributed by atoms with Crippen LogP contribution in [0.3, 0.4) is 0 Å². The fourth-order valence-electron chi connectivity index (χ4n) is 5.17. The molecule has 1 atom stereocenters. The number of unbranched alkanes of at least 4 members (excludes halogenated alkanes) is 21. The molecule has 0 heterocycles. The molecule has 0 saturated heterocycles. The Kier molecular flexibility index (Phi) is 26.1. The van der Waals surface area contributed by atoms with Crippen LogP contribution in [0.25, 0.3) is 0 Å². The van der Waals surface area contributed by atoms with Gasteiger partial charge < -0.3 is 4.74 Å². The van der Waals surface area contributed by atoms with E-state index in [0.717, 1.165) is 25.7 Å². The number of ether oxygens (including phenoxy) is 1. The fourth-order valence-corrected chi connectivity index (χ4v) is 5.17. The van der Waals surface area contributed by atoms with Crippen LogP contribution < -0.4 is 0 Å². The van der Waals surface area contributed by atoms with Gasteiger partial charge in [-0.2, -0.15) is 0 Å². The van der Waals surface area contributed by atoms with Crippen LogP contribution in [0.15, 0.2) is 0 Å². The quantitative estimate of drug-likeness (QED) is 0.0798. The average molecular weight is 495 g/mol. The van der Waals surface area contributed by atoms with Crippen molar-refractivity contribution in [1.82, 2.24) is 0 Å². The van der Waals surface area contributed by atoms with Crippen molar-refractivity contribution in [3.8, 4) is 0 Å². The van der Waals surface area contributed by atoms with E-state index in [4.69, 9.17) is 4.74 Å². The third kappa shape index (κ3) is 22.4. The van der Waals surface area contributed by atoms with Gasteiger partial charge in [0.15, 0.2) is 0 Å². The fraction of sp³-hybridized carbons (Fsp3) is 0.970. The van der Waals surface area contributed by atoms with Crippen LogP contribution in [-0.2, 0) is 9.53 Å². The first kappa shape index (κ1) is 34.5. The van der Waals surface area contributed by atoms with Crippen molar-refractivity contribution < 1.29 is 9.53 Å². The van der Waals surface area contributed by atoms with Crippen molar-refractivity contribution >= 4 is 5.97 Å². The molecule has 0 aromatic heterocycles. The van der Waals surface area contributed by atoms with Gasteiger partial charge in [0.05, 0.1) is 12.0 Å². The third-order valence-electron chi connectivity index (χ3n) is 7.89. The molecule has 0 aromatic carbocycles. The van der Waals surface area contributed by atoms with Crippen LogP contribution in [-0.4, -0.2) is 12.6 Å². The molecule has 0 saturated carbocycles. The van der Waals surface area contributed by atoms with Gasteiger partial charge in [0, 0.05) is 0 Å². The van der Waals surface area contributed by atoms with E-state index in [1.165, 1.54) is 141 Å². The summed E-state index contributed by atoms with van der Waals surface area (Å²) in [6, 6.07) is 0. The summed E-state index contributed by atoms with van der Waals surface area (Å²) in [4.78, 5) is 12.9. The molecule has 0 amide bonds. The van der Waals surface area contributed by atoms with Gasteiger partial charge >= 0.3 is 5.97 Å². The van der Waals surface area contributed by atoms with Crippen molar-refractivity contribution in [2.75, 3.05) is 6.61 Å². The highest BCUT2D eigenvalue weighted by Crippen LogP contribution is 2.33. The number of hydrogen-bond donors (Lipinski definition) is 0. The topological polar surface area (TPSA) is 26.3 Å². The smallest absolute Gasteiger partial charge is 0.311 e. The third-order valence-corrected chi connectivity index (χ3v) is 7.89. The Morgan fingerprint density at radius 1 is 0.457 bits per heavy atom. The maximum atomic E-state index is 12.9. The van der Waals surface area contributed by atoms with Crippen molar-refractivity contribution in [3.63, 3.8) is 0 Å². The molecule has 0 bridgehead atoms. The number of hydrogen-bond acceptors (Lipinski definition) is 2. The standard InChI is InChI=1S/C33H66O2/c1-5-8-11-13-15-17-19-20-22-24-26-28-30-33(4,32(34)35-31-10-7-3)29-27-25-23-21-18-16-14-12-9-6-2/h5-31H2,1-4H3. The number of carbonyl (C=O) groups is 1. The Morgan fingerprint density at radius 3 is 1.06 bits per heavy atom. The Morgan fingerprint density at radius 2 is 0.743 bits per heavy atom. The maximum absolute atomic E-state index is 12.9. The van der Waals surface area contributed by atoms with E-state index in [0.29, 0.717) is 6.61 Å². The summed E-state index contributed by atoms with van der Waals surface area (Å²) in [5.41, 5.74) is -0.271. The second-order valence-corrected chi connectivity index (χ2v) is 11.6. The summed E-state index contributed by atoms with van der Waals surface area (Å²) in [5, 5.41) is 0. The normalized spacial score (nSPS) is 13.1. The average Bonchev–Trinajstić information content (AvgIpc) is 2.86. The van der Waals surface area contributed by atoms with Crippen LogP contribution in [0.2, 0.25) is 0 Å². The van der Waals surface area contributed by atoms with Crippen LogP contribution >= 0.6 is 0 Å². The second kappa shape index (κ2) is 26.5. The van der Waals surface area contributed by atoms with E-state index in [-0.39, 0.29) is 11.4 Å². The SMILES string of the molecule is CCCCCCCCCCCCCCC(C)(CCCCCCCCCCCC)C(=O)OCCCC. The molecule has 0 N–H and O–H groups in total. The highest BCUT2D eigenvalue weighted by molar-refractivity contribution is 5.76. The lowest BCUT2D eigenvalue weighted by molar-refractivity contribution is -0.156. The lowest BCUT2D eigenvalue weighted by atomic mass is 9.79. The molecule has 0 aromatic rings. The first-order chi connectivity index (χ1) is 17.1. The van der Waals surface area contributed by atoms with Crippen LogP contribution in [0.5, 0.6) is 0 Å². The van der Waals surface area contributed by atoms with E-state index in [1.54, 1.807) is 0 Å². The van der Waals surface area contributed by atoms with Crippen LogP contribution in [0.4, 0.5) is 0 Å². The molecule has 0 radical (unpaired) electrons. The van der Waals surface area contributed by atoms with Gasteiger partial charge in [-0.3, -0.25) is 4.79 Å². The predicted octanol–water partition coefficient (Wildman–Crippen LogP) is 11.7. The van der Waals surface area contributed by atoms with Crippen molar-refractivity contribution in [1.29, 1.82) is 0 Å². The Labute approximate surface area is 222 Å². The Balaban J connectivity index is 4.04. The van der Waals surface area contributed by atoms with Gasteiger partial charge in [0.2, 0.25) is 0 Å². The monoisotopic (exact) mass is 495 g/mol. The van der Waals surface area contributed by atoms with Gasteiger partial charge in [-0.25, -0.2) is 0 Å². The highest BCUT2D eigenvalue weighted by Gasteiger charge is 2.33. The second-order valence-electron chi connectivity index (χ2n) is 11.6. The molecule has 210 valence electrons. The minimum atomic E-state index is -0.271. The lowest BCUT2D eigenvalue weighted by Crippen LogP contribution is -2.30. The predicted molar refractivity (Wildman–Crippen MR) is 156 cm³/mol. The van der Waals surface area contributed by atoms with Crippen molar-refractivity contribution in [3.05, 3.63) is 0 Å². The van der Waals surface area contributed by atoms with Crippen molar-refractivity contribution in [2.45, 2.75) is 195 Å². The first-order valence-corrected chi connectivity index (χ1v) is 16.3. The Bertz CT molecular complexity index is 433. The summed E-state index contributed by atoms with van der Waals surface area (Å²) >= 11 is 0. The van der Waals surface area contributed by atoms with Gasteiger partial charge in [-0.05, 0) is 26.2 Å². The number of rotatable bonds is 28. The zero-order valence-electron chi connectivity index (χ0n) is 24.9. The molecular formula is C33H66O2. The molecule has 1 unspecified atom stereocenters. The molecule has 35 heavy (non-hydrogen) atoms. The van der Waals surface area contributed by atoms with Gasteiger partial charge in [0.1, 0.15) is 0 Å². The van der Waals surface area contributed by atoms with E-state index in [1.807, 2.05) is 0 Å². The molecule has 2 nitrogen and oxygen atoms in total. The molecule has 0 aliphatic heterocycles. The largest absolute Gasteiger partial charge is 0.465 e. The van der Waals surface area contributed by atoms with E-state index >= 15 is 0 Å². The lowest BCUT2D eigenvalue weighted by Gasteiger charge is -2.27. The molecule has 0 spiro atoms. The molecular weight excluding hydrogens is 428 g/mol.